The van der Waals surface area contributed by atoms with E-state index in [0.717, 1.165) is 29.5 Å². The molecular formula is C28H27ClF3N3O3. The molecule has 1 aliphatic carbocycles. The van der Waals surface area contributed by atoms with Crippen molar-refractivity contribution in [3.8, 4) is 0 Å². The van der Waals surface area contributed by atoms with Gasteiger partial charge < -0.3 is 19.4 Å². The lowest BCUT2D eigenvalue weighted by Gasteiger charge is -2.25. The Hall–Kier alpha value is -3.46. The average Bonchev–Trinajstić information content (AvgIpc) is 3.58. The van der Waals surface area contributed by atoms with Crippen LogP contribution in [0, 0.1) is 0 Å². The number of benzene rings is 2. The number of amides is 1. The second kappa shape index (κ2) is 9.08. The first kappa shape index (κ1) is 26.2. The van der Waals surface area contributed by atoms with Crippen LogP contribution in [0.4, 0.5) is 24.5 Å². The van der Waals surface area contributed by atoms with Crippen molar-refractivity contribution in [2.24, 2.45) is 0 Å². The van der Waals surface area contributed by atoms with Crippen molar-refractivity contribution in [2.75, 3.05) is 30.0 Å². The van der Waals surface area contributed by atoms with Crippen LogP contribution in [-0.4, -0.2) is 43.0 Å². The molecule has 10 heteroatoms. The van der Waals surface area contributed by atoms with Crippen molar-refractivity contribution in [1.82, 2.24) is 4.90 Å². The van der Waals surface area contributed by atoms with Crippen LogP contribution in [0.25, 0.3) is 0 Å². The number of ether oxygens (including phenoxy) is 1. The van der Waals surface area contributed by atoms with E-state index in [-0.39, 0.29) is 29.7 Å². The maximum atomic E-state index is 13.8. The number of likely N-dealkylation sites (N-methyl/N-ethyl adjacent to an activating group) is 1. The Morgan fingerprint density at radius 3 is 2.63 bits per heavy atom. The summed E-state index contributed by atoms with van der Waals surface area (Å²) in [5, 5.41) is -0.449. The molecule has 3 aliphatic rings. The highest BCUT2D eigenvalue weighted by molar-refractivity contribution is 6.31. The zero-order valence-electron chi connectivity index (χ0n) is 21.4. The quantitative estimate of drug-likeness (QED) is 0.359. The van der Waals surface area contributed by atoms with Gasteiger partial charge in [-0.1, -0.05) is 37.6 Å². The van der Waals surface area contributed by atoms with Crippen LogP contribution in [0.2, 0.25) is 5.02 Å². The highest BCUT2D eigenvalue weighted by Gasteiger charge is 2.45. The first-order valence-electron chi connectivity index (χ1n) is 12.2. The average molecular weight is 546 g/mol. The Balaban J connectivity index is 1.56. The van der Waals surface area contributed by atoms with Gasteiger partial charge in [0.25, 0.3) is 5.91 Å². The van der Waals surface area contributed by atoms with E-state index >= 15 is 0 Å². The van der Waals surface area contributed by atoms with E-state index in [4.69, 9.17) is 16.3 Å². The molecule has 1 atom stereocenters. The van der Waals surface area contributed by atoms with Gasteiger partial charge in [-0.15, -0.1) is 0 Å². The number of esters is 1. The number of nitrogens with zero attached hydrogens (tertiary/aromatic N) is 3. The largest absolute Gasteiger partial charge is 0.462 e. The van der Waals surface area contributed by atoms with Crippen LogP contribution < -0.4 is 9.80 Å². The maximum Gasteiger partial charge on any atom is 0.418 e. The number of hydrogen-bond donors (Lipinski definition) is 0. The monoisotopic (exact) mass is 545 g/mol. The van der Waals surface area contributed by atoms with Crippen LogP contribution in [0.5, 0.6) is 0 Å². The van der Waals surface area contributed by atoms with Gasteiger partial charge in [0.05, 0.1) is 23.2 Å². The molecule has 0 saturated carbocycles. The minimum atomic E-state index is -4.71. The first-order valence-corrected chi connectivity index (χ1v) is 12.6. The number of carbonyl (C=O) groups excluding carboxylic acids is 2. The summed E-state index contributed by atoms with van der Waals surface area (Å²) in [6.07, 6.45) is -1.49. The third-order valence-corrected chi connectivity index (χ3v) is 7.45. The summed E-state index contributed by atoms with van der Waals surface area (Å²) in [5.74, 6) is -1.55. The lowest BCUT2D eigenvalue weighted by atomic mass is 9.86. The molecule has 2 aliphatic heterocycles. The van der Waals surface area contributed by atoms with Gasteiger partial charge in [0.2, 0.25) is 0 Å². The molecule has 0 bridgehead atoms. The number of alkyl halides is 3. The van der Waals surface area contributed by atoms with Gasteiger partial charge in [0.15, 0.2) is 0 Å². The molecule has 2 aromatic rings. The normalized spacial score (nSPS) is 19.9. The number of rotatable bonds is 5. The number of halogens is 4. The first-order chi connectivity index (χ1) is 17.8. The van der Waals surface area contributed by atoms with Crippen molar-refractivity contribution in [1.29, 1.82) is 0 Å². The summed E-state index contributed by atoms with van der Waals surface area (Å²) in [4.78, 5) is 31.7. The predicted molar refractivity (Wildman–Crippen MR) is 139 cm³/mol. The fraction of sp³-hybridized carbons (Fsp3) is 0.357. The second-order valence-electron chi connectivity index (χ2n) is 10.3. The van der Waals surface area contributed by atoms with Crippen molar-refractivity contribution < 1.29 is 27.5 Å². The molecule has 0 radical (unpaired) electrons. The van der Waals surface area contributed by atoms with Crippen LogP contribution in [-0.2, 0) is 32.5 Å². The van der Waals surface area contributed by atoms with Crippen LogP contribution >= 0.6 is 11.6 Å². The minimum Gasteiger partial charge on any atom is -0.462 e. The molecular weight excluding hydrogens is 519 g/mol. The SMILES string of the molecule is CCOC(=O)C1=CN(c2ccc3c(c2)C(C)(C)CN3C)C2=CC2N(Cc2cccc(Cl)c2C(F)(F)F)C1=O. The van der Waals surface area contributed by atoms with Crippen molar-refractivity contribution in [2.45, 2.75) is 44.9 Å². The summed E-state index contributed by atoms with van der Waals surface area (Å²) in [5.41, 5.74) is 2.15. The number of fused-ring (bicyclic) bond motifs is 2. The molecule has 2 aromatic carbocycles. The summed E-state index contributed by atoms with van der Waals surface area (Å²) in [6.45, 7) is 6.42. The van der Waals surface area contributed by atoms with Crippen LogP contribution in [0.1, 0.15) is 37.5 Å². The van der Waals surface area contributed by atoms with Crippen LogP contribution in [0.15, 0.2) is 59.9 Å². The Morgan fingerprint density at radius 1 is 1.21 bits per heavy atom. The lowest BCUT2D eigenvalue weighted by Crippen LogP contribution is -2.37. The second-order valence-corrected chi connectivity index (χ2v) is 10.7. The molecule has 0 aromatic heterocycles. The molecule has 0 N–H and O–H groups in total. The zero-order chi connectivity index (χ0) is 27.6. The van der Waals surface area contributed by atoms with E-state index in [1.54, 1.807) is 17.9 Å². The summed E-state index contributed by atoms with van der Waals surface area (Å²) < 4.78 is 46.7. The molecule has 2 heterocycles. The van der Waals surface area contributed by atoms with E-state index in [1.807, 2.05) is 25.2 Å². The van der Waals surface area contributed by atoms with E-state index in [0.29, 0.717) is 5.70 Å². The van der Waals surface area contributed by atoms with Gasteiger partial charge in [-0.25, -0.2) is 4.79 Å². The molecule has 0 spiro atoms. The van der Waals surface area contributed by atoms with E-state index < -0.39 is 34.7 Å². The zero-order valence-corrected chi connectivity index (χ0v) is 22.2. The maximum absolute atomic E-state index is 13.8. The van der Waals surface area contributed by atoms with E-state index in [2.05, 4.69) is 18.7 Å². The predicted octanol–water partition coefficient (Wildman–Crippen LogP) is 5.65. The van der Waals surface area contributed by atoms with Crippen molar-refractivity contribution in [3.05, 3.63) is 81.7 Å². The van der Waals surface area contributed by atoms with E-state index in [9.17, 15) is 22.8 Å². The van der Waals surface area contributed by atoms with Gasteiger partial charge in [-0.2, -0.15) is 13.2 Å². The summed E-state index contributed by atoms with van der Waals surface area (Å²) in [7, 11) is 2.03. The molecule has 200 valence electrons. The molecule has 5 rings (SSSR count). The van der Waals surface area contributed by atoms with Crippen molar-refractivity contribution >= 4 is 34.9 Å². The van der Waals surface area contributed by atoms with Gasteiger partial charge in [-0.3, -0.25) is 4.79 Å². The fourth-order valence-corrected chi connectivity index (χ4v) is 5.68. The molecule has 38 heavy (non-hydrogen) atoms. The smallest absolute Gasteiger partial charge is 0.418 e. The molecule has 6 nitrogen and oxygen atoms in total. The Bertz CT molecular complexity index is 1400. The van der Waals surface area contributed by atoms with Gasteiger partial charge in [0.1, 0.15) is 5.57 Å². The standard InChI is InChI=1S/C28H27ClF3N3O3/c1-5-38-26(37)18-14-34(17-9-10-21-19(11-17)27(2,3)15-33(21)4)22-12-23(22)35(25(18)36)13-16-7-6-8-20(29)24(16)28(30,31)32/h6-12,14,23H,5,13,15H2,1-4H3. The molecule has 1 unspecified atom stereocenters. The number of carbonyl (C=O) groups is 2. The third-order valence-electron chi connectivity index (χ3n) is 7.14. The van der Waals surface area contributed by atoms with Gasteiger partial charge >= 0.3 is 12.1 Å². The summed E-state index contributed by atoms with van der Waals surface area (Å²) >= 11 is 5.92. The van der Waals surface area contributed by atoms with E-state index in [1.165, 1.54) is 23.2 Å². The lowest BCUT2D eigenvalue weighted by molar-refractivity contribution is -0.143. The topological polar surface area (TPSA) is 53.1 Å². The Kier molecular flexibility index (Phi) is 6.25. The molecule has 1 amide bonds. The summed E-state index contributed by atoms with van der Waals surface area (Å²) in [6, 6.07) is 9.22. The molecule has 0 fully saturated rings. The van der Waals surface area contributed by atoms with Crippen LogP contribution in [0.3, 0.4) is 0 Å². The minimum absolute atomic E-state index is 0.0431. The Labute approximate surface area is 223 Å². The van der Waals surface area contributed by atoms with Crippen molar-refractivity contribution in [3.63, 3.8) is 0 Å². The van der Waals surface area contributed by atoms with Gasteiger partial charge in [-0.05, 0) is 48.4 Å². The Morgan fingerprint density at radius 2 is 1.95 bits per heavy atom. The number of anilines is 2. The highest BCUT2D eigenvalue weighted by atomic mass is 35.5. The number of hydrogen-bond acceptors (Lipinski definition) is 5. The third kappa shape index (κ3) is 4.42. The fourth-order valence-electron chi connectivity index (χ4n) is 5.38. The van der Waals surface area contributed by atoms with Gasteiger partial charge in [0, 0.05) is 48.8 Å². The molecule has 0 saturated heterocycles. The highest BCUT2D eigenvalue weighted by Crippen LogP contribution is 2.45.